The molecule has 1 atom stereocenters. The van der Waals surface area contributed by atoms with E-state index >= 15 is 0 Å². The molecule has 0 bridgehead atoms. The van der Waals surface area contributed by atoms with Gasteiger partial charge in [-0.25, -0.2) is 18.0 Å². The summed E-state index contributed by atoms with van der Waals surface area (Å²) >= 11 is 0. The summed E-state index contributed by atoms with van der Waals surface area (Å²) in [4.78, 5) is 24.6. The van der Waals surface area contributed by atoms with E-state index in [-0.39, 0.29) is 25.3 Å². The largest absolute Gasteiger partial charge is 0.441 e. The Morgan fingerprint density at radius 2 is 2.00 bits per heavy atom. The van der Waals surface area contributed by atoms with Crippen molar-refractivity contribution in [3.05, 3.63) is 35.8 Å². The molecule has 0 radical (unpaired) electrons. The van der Waals surface area contributed by atoms with Crippen LogP contribution in [0.1, 0.15) is 6.42 Å². The van der Waals surface area contributed by atoms with E-state index in [1.165, 1.54) is 6.20 Å². The molecule has 2 aliphatic heterocycles. The van der Waals surface area contributed by atoms with Gasteiger partial charge in [0.1, 0.15) is 11.8 Å². The summed E-state index contributed by atoms with van der Waals surface area (Å²) in [6.45, 7) is -0.692. The van der Waals surface area contributed by atoms with Crippen LogP contribution in [0.3, 0.4) is 0 Å². The summed E-state index contributed by atoms with van der Waals surface area (Å²) in [5.74, 6) is -4.15. The van der Waals surface area contributed by atoms with Crippen LogP contribution in [-0.2, 0) is 9.53 Å². The monoisotopic (exact) mass is 342 g/mol. The Balaban J connectivity index is 1.99. The van der Waals surface area contributed by atoms with Crippen LogP contribution in [0.25, 0.3) is 0 Å². The van der Waals surface area contributed by atoms with Crippen molar-refractivity contribution in [2.45, 2.75) is 12.5 Å². The maximum atomic E-state index is 14.4. The number of carbonyl (C=O) groups excluding carboxylic acids is 2. The average molecular weight is 342 g/mol. The minimum atomic E-state index is -1.47. The number of ether oxygens (including phenoxy) is 1. The molecule has 2 aliphatic rings. The first-order valence-corrected chi connectivity index (χ1v) is 7.16. The van der Waals surface area contributed by atoms with Crippen molar-refractivity contribution in [2.75, 3.05) is 29.5 Å². The molecule has 3 rings (SSSR count). The lowest BCUT2D eigenvalue weighted by Crippen LogP contribution is -2.29. The third-order valence-corrected chi connectivity index (χ3v) is 3.81. The van der Waals surface area contributed by atoms with Gasteiger partial charge in [-0.2, -0.15) is 0 Å². The fraction of sp³-hybridized carbons (Fsp3) is 0.333. The quantitative estimate of drug-likeness (QED) is 0.847. The summed E-state index contributed by atoms with van der Waals surface area (Å²) in [6, 6.07) is 0.693. The fourth-order valence-electron chi connectivity index (χ4n) is 2.59. The Hall–Kier alpha value is -2.55. The van der Waals surface area contributed by atoms with Crippen molar-refractivity contribution in [1.82, 2.24) is 0 Å². The number of hydrogen-bond acceptors (Lipinski definition) is 5. The van der Waals surface area contributed by atoms with Crippen molar-refractivity contribution in [3.8, 4) is 0 Å². The number of ketones is 1. The number of amides is 1. The Bertz CT molecular complexity index is 738. The number of halogens is 3. The maximum Gasteiger partial charge on any atom is 0.414 e. The number of benzene rings is 1. The Morgan fingerprint density at radius 3 is 2.58 bits per heavy atom. The number of rotatable bonds is 3. The van der Waals surface area contributed by atoms with Gasteiger partial charge in [0.2, 0.25) is 0 Å². The van der Waals surface area contributed by atoms with Crippen LogP contribution in [0.2, 0.25) is 0 Å². The van der Waals surface area contributed by atoms with E-state index in [1.54, 1.807) is 0 Å². The molecule has 2 heterocycles. The van der Waals surface area contributed by atoms with Crippen LogP contribution in [0, 0.1) is 17.5 Å². The highest BCUT2D eigenvalue weighted by Crippen LogP contribution is 2.35. The topological polar surface area (TPSA) is 70.1 Å². The molecule has 0 spiro atoms. The number of aliphatic hydroxyl groups is 1. The molecule has 0 saturated carbocycles. The molecule has 128 valence electrons. The number of aliphatic hydroxyl groups excluding tert-OH is 1. The standard InChI is InChI=1S/C15H13F3N2O4/c16-10-5-11(20-6-9(7-21)24-15(20)23)12(17)13(18)14(10)19-3-1-8(22)2-4-19/h1,3,5,9,21H,2,4,6-7H2. The van der Waals surface area contributed by atoms with Crippen molar-refractivity contribution in [1.29, 1.82) is 0 Å². The molecule has 0 aliphatic carbocycles. The van der Waals surface area contributed by atoms with E-state index in [9.17, 15) is 22.8 Å². The van der Waals surface area contributed by atoms with Gasteiger partial charge in [0.05, 0.1) is 18.8 Å². The third-order valence-electron chi connectivity index (χ3n) is 3.81. The first-order chi connectivity index (χ1) is 11.4. The summed E-state index contributed by atoms with van der Waals surface area (Å²) in [5, 5.41) is 8.98. The lowest BCUT2D eigenvalue weighted by atomic mass is 10.1. The average Bonchev–Trinajstić information content (AvgIpc) is 2.93. The molecule has 1 amide bonds. The lowest BCUT2D eigenvalue weighted by molar-refractivity contribution is -0.114. The van der Waals surface area contributed by atoms with E-state index in [1.807, 2.05) is 0 Å². The van der Waals surface area contributed by atoms with Crippen molar-refractivity contribution >= 4 is 23.3 Å². The van der Waals surface area contributed by atoms with Gasteiger partial charge in [-0.05, 0) is 6.08 Å². The van der Waals surface area contributed by atoms with Crippen molar-refractivity contribution in [3.63, 3.8) is 0 Å². The van der Waals surface area contributed by atoms with Gasteiger partial charge in [-0.1, -0.05) is 0 Å². The molecule has 1 fully saturated rings. The van der Waals surface area contributed by atoms with E-state index in [2.05, 4.69) is 0 Å². The molecule has 0 aromatic heterocycles. The molecule has 1 aromatic rings. The SMILES string of the molecule is O=C1C=CN(c2c(F)cc(N3CC(CO)OC3=O)c(F)c2F)CC1. The zero-order valence-corrected chi connectivity index (χ0v) is 12.3. The Kier molecular flexibility index (Phi) is 4.18. The molecule has 24 heavy (non-hydrogen) atoms. The second-order valence-electron chi connectivity index (χ2n) is 5.38. The van der Waals surface area contributed by atoms with Gasteiger partial charge in [0.25, 0.3) is 0 Å². The third kappa shape index (κ3) is 2.71. The molecule has 9 heteroatoms. The van der Waals surface area contributed by atoms with Gasteiger partial charge < -0.3 is 14.7 Å². The second kappa shape index (κ2) is 6.16. The highest BCUT2D eigenvalue weighted by atomic mass is 19.2. The minimum absolute atomic E-state index is 0.0142. The highest BCUT2D eigenvalue weighted by Gasteiger charge is 2.36. The number of cyclic esters (lactones) is 1. The summed E-state index contributed by atoms with van der Waals surface area (Å²) < 4.78 is 47.8. The smallest absolute Gasteiger partial charge is 0.414 e. The normalized spacial score (nSPS) is 20.8. The number of allylic oxidation sites excluding steroid dienone is 1. The molecular weight excluding hydrogens is 329 g/mol. The van der Waals surface area contributed by atoms with E-state index in [0.29, 0.717) is 6.07 Å². The number of hydrogen-bond donors (Lipinski definition) is 1. The number of anilines is 2. The number of carbonyl (C=O) groups is 2. The number of nitrogens with zero attached hydrogens (tertiary/aromatic N) is 2. The predicted octanol–water partition coefficient (Wildman–Crippen LogP) is 1.71. The second-order valence-corrected chi connectivity index (χ2v) is 5.38. The highest BCUT2D eigenvalue weighted by molar-refractivity contribution is 5.92. The van der Waals surface area contributed by atoms with Gasteiger partial charge in [0.15, 0.2) is 23.2 Å². The van der Waals surface area contributed by atoms with Gasteiger partial charge in [-0.3, -0.25) is 9.69 Å². The molecule has 1 saturated heterocycles. The molecule has 6 nitrogen and oxygen atoms in total. The van der Waals surface area contributed by atoms with Crippen molar-refractivity contribution in [2.24, 2.45) is 0 Å². The fourth-order valence-corrected chi connectivity index (χ4v) is 2.59. The van der Waals surface area contributed by atoms with E-state index in [0.717, 1.165) is 15.9 Å². The Labute approximate surface area is 134 Å². The lowest BCUT2D eigenvalue weighted by Gasteiger charge is -2.25. The van der Waals surface area contributed by atoms with Gasteiger partial charge in [0, 0.05) is 25.2 Å². The summed E-state index contributed by atoms with van der Waals surface area (Å²) in [6.07, 6.45) is 0.493. The van der Waals surface area contributed by atoms with E-state index in [4.69, 9.17) is 9.84 Å². The van der Waals surface area contributed by atoms with E-state index < -0.39 is 47.6 Å². The van der Waals surface area contributed by atoms with Crippen LogP contribution < -0.4 is 9.80 Å². The Morgan fingerprint density at radius 1 is 1.25 bits per heavy atom. The molecular formula is C15H13F3N2O4. The zero-order valence-electron chi connectivity index (χ0n) is 12.3. The first-order valence-electron chi connectivity index (χ1n) is 7.16. The first kappa shape index (κ1) is 16.3. The van der Waals surface area contributed by atoms with Crippen molar-refractivity contribution < 1.29 is 32.6 Å². The minimum Gasteiger partial charge on any atom is -0.441 e. The summed E-state index contributed by atoms with van der Waals surface area (Å²) in [5.41, 5.74) is -1.24. The van der Waals surface area contributed by atoms with Crippen LogP contribution in [0.15, 0.2) is 18.3 Å². The zero-order chi connectivity index (χ0) is 17.4. The molecule has 1 N–H and O–H groups in total. The van der Waals surface area contributed by atoms with Gasteiger partial charge >= 0.3 is 6.09 Å². The summed E-state index contributed by atoms with van der Waals surface area (Å²) in [7, 11) is 0. The van der Waals surface area contributed by atoms with Crippen LogP contribution in [0.4, 0.5) is 29.3 Å². The predicted molar refractivity (Wildman–Crippen MR) is 77.1 cm³/mol. The van der Waals surface area contributed by atoms with Crippen LogP contribution >= 0.6 is 0 Å². The van der Waals surface area contributed by atoms with Gasteiger partial charge in [-0.15, -0.1) is 0 Å². The molecule has 1 aromatic carbocycles. The molecule has 1 unspecified atom stereocenters. The van der Waals surface area contributed by atoms with Crippen LogP contribution in [0.5, 0.6) is 0 Å². The van der Waals surface area contributed by atoms with Crippen LogP contribution in [-0.4, -0.2) is 42.8 Å². The maximum absolute atomic E-state index is 14.4.